The summed E-state index contributed by atoms with van der Waals surface area (Å²) in [5.41, 5.74) is 11.2. The molecule has 1 aliphatic heterocycles. The van der Waals surface area contributed by atoms with Crippen LogP contribution < -0.4 is 14.4 Å². The minimum absolute atomic E-state index is 0. The summed E-state index contributed by atoms with van der Waals surface area (Å²) in [7, 11) is 6.24. The number of benzene rings is 4. The van der Waals surface area contributed by atoms with Gasteiger partial charge in [0, 0.05) is 50.8 Å². The van der Waals surface area contributed by atoms with Gasteiger partial charge in [0.15, 0.2) is 5.65 Å². The van der Waals surface area contributed by atoms with Crippen molar-refractivity contribution in [2.45, 2.75) is 0 Å². The topological polar surface area (TPSA) is 54.5 Å². The molecule has 0 radical (unpaired) electrons. The van der Waals surface area contributed by atoms with Crippen molar-refractivity contribution in [1.82, 2.24) is 9.55 Å². The van der Waals surface area contributed by atoms with Crippen LogP contribution in [0.15, 0.2) is 106 Å². The van der Waals surface area contributed by atoms with E-state index in [-0.39, 0.29) is 19.5 Å². The summed E-state index contributed by atoms with van der Waals surface area (Å²) in [5.74, 6) is 0. The maximum Gasteiger partial charge on any atom is 0.305 e. The van der Waals surface area contributed by atoms with Crippen molar-refractivity contribution in [3.8, 4) is 22.3 Å². The molecule has 0 fully saturated rings. The fraction of sp³-hybridized carbons (Fsp3) is 0.0833. The van der Waals surface area contributed by atoms with E-state index in [1.54, 1.807) is 0 Å². The summed E-state index contributed by atoms with van der Waals surface area (Å²) in [5, 5.41) is 2.18. The third-order valence-electron chi connectivity index (χ3n) is 8.54. The third kappa shape index (κ3) is 3.67. The van der Waals surface area contributed by atoms with Crippen LogP contribution in [0.4, 0.5) is 28.8 Å². The van der Waals surface area contributed by atoms with Gasteiger partial charge < -0.3 is 18.3 Å². The number of anilines is 5. The van der Waals surface area contributed by atoms with E-state index in [4.69, 9.17) is 13.8 Å². The van der Waals surface area contributed by atoms with Crippen LogP contribution in [0.5, 0.6) is 0 Å². The average molecular weight is 625 g/mol. The molecule has 9 rings (SSSR count). The van der Waals surface area contributed by atoms with Gasteiger partial charge in [0.05, 0.1) is 31.0 Å². The van der Waals surface area contributed by atoms with Crippen LogP contribution in [0.3, 0.4) is 0 Å². The molecule has 0 N–H and O–H groups in total. The molecule has 0 amide bonds. The van der Waals surface area contributed by atoms with Crippen LogP contribution in [-0.2, 0) is 33.6 Å². The molecule has 7 nitrogen and oxygen atoms in total. The van der Waals surface area contributed by atoms with Gasteiger partial charge in [-0.1, -0.05) is 64.4 Å². The molecule has 0 saturated heterocycles. The van der Waals surface area contributed by atoms with Gasteiger partial charge in [-0.25, -0.2) is 4.98 Å². The van der Waals surface area contributed by atoms with E-state index in [2.05, 4.69) is 101 Å². The average Bonchev–Trinajstić information content (AvgIpc) is 3.81. The Morgan fingerprint density at radius 3 is 2.52 bits per heavy atom. The Kier molecular flexibility index (Phi) is 5.87. The largest absolute Gasteiger partial charge is 0.557 e. The van der Waals surface area contributed by atoms with E-state index in [1.165, 1.54) is 5.39 Å². The first-order valence-corrected chi connectivity index (χ1v) is 14.2. The van der Waals surface area contributed by atoms with Crippen LogP contribution in [0, 0.1) is 12.3 Å². The smallest absolute Gasteiger partial charge is 0.305 e. The Morgan fingerprint density at radius 2 is 1.64 bits per heavy atom. The van der Waals surface area contributed by atoms with Gasteiger partial charge in [-0.15, -0.1) is 41.5 Å². The number of oxazole rings is 1. The predicted octanol–water partition coefficient (Wildman–Crippen LogP) is 8.09. The second kappa shape index (κ2) is 9.73. The second-order valence-corrected chi connectivity index (χ2v) is 11.0. The Balaban J connectivity index is 0.00000289. The number of aromatic nitrogens is 3. The molecule has 210 valence electrons. The van der Waals surface area contributed by atoms with Crippen molar-refractivity contribution in [2.24, 2.45) is 14.1 Å². The zero-order chi connectivity index (χ0) is 28.8. The number of nitrogens with zero attached hydrogens (tertiary/aromatic N) is 5. The molecule has 1 aliphatic rings. The zero-order valence-electron chi connectivity index (χ0n) is 24.5. The van der Waals surface area contributed by atoms with Crippen LogP contribution >= 0.6 is 0 Å². The van der Waals surface area contributed by atoms with E-state index in [9.17, 15) is 0 Å². The van der Waals surface area contributed by atoms with Gasteiger partial charge in [0.2, 0.25) is 0 Å². The van der Waals surface area contributed by atoms with Crippen molar-refractivity contribution in [3.05, 3.63) is 110 Å². The van der Waals surface area contributed by atoms with Gasteiger partial charge >= 0.3 is 6.01 Å². The number of hydrogen-bond donors (Lipinski definition) is 0. The monoisotopic (exact) mass is 623 g/mol. The molecule has 0 unspecified atom stereocenters. The van der Waals surface area contributed by atoms with Crippen LogP contribution in [-0.4, -0.2) is 16.6 Å². The van der Waals surface area contributed by atoms with Gasteiger partial charge in [-0.2, -0.15) is 0 Å². The molecular weight excluding hydrogens is 600 g/mol. The Labute approximate surface area is 266 Å². The van der Waals surface area contributed by atoms with E-state index < -0.39 is 0 Å². The Hall–Kier alpha value is -5.07. The van der Waals surface area contributed by atoms with E-state index >= 15 is 0 Å². The first kappa shape index (κ1) is 26.6. The van der Waals surface area contributed by atoms with Crippen molar-refractivity contribution in [2.75, 3.05) is 16.8 Å². The molecule has 0 spiro atoms. The number of rotatable bonds is 3. The minimum atomic E-state index is 0. The number of aryl methyl sites for hydroxylation is 2. The van der Waals surface area contributed by atoms with Crippen molar-refractivity contribution >= 4 is 61.9 Å². The fourth-order valence-electron chi connectivity index (χ4n) is 6.53. The molecule has 8 aromatic rings. The molecular formula is C36H25N5O2Zn-2. The number of hydrogen-bond acceptors (Lipinski definition) is 5. The summed E-state index contributed by atoms with van der Waals surface area (Å²) < 4.78 is 16.6. The molecule has 8 heteroatoms. The van der Waals surface area contributed by atoms with Gasteiger partial charge in [0.25, 0.3) is 0 Å². The first-order chi connectivity index (χ1) is 21.1. The second-order valence-electron chi connectivity index (χ2n) is 11.0. The van der Waals surface area contributed by atoms with Crippen molar-refractivity contribution in [1.29, 1.82) is 0 Å². The summed E-state index contributed by atoms with van der Waals surface area (Å²) >= 11 is 0. The summed E-state index contributed by atoms with van der Waals surface area (Å²) in [6.45, 7) is 0. The SMILES string of the molecule is CN1c2ccc(-c3cn(C)c4c3[cH-]c[n+]4C)[c-]c2N(c2nc3c(-c4[c-]oc5ccccc45)cccc3o2)c2ccccc21.[Zn]. The Bertz CT molecular complexity index is 2380. The van der Waals surface area contributed by atoms with E-state index in [1.807, 2.05) is 48.5 Å². The normalized spacial score (nSPS) is 12.6. The van der Waals surface area contributed by atoms with Gasteiger partial charge in [-0.05, 0) is 29.6 Å². The summed E-state index contributed by atoms with van der Waals surface area (Å²) in [6.07, 6.45) is 7.37. The maximum atomic E-state index is 6.55. The number of furan rings is 1. The summed E-state index contributed by atoms with van der Waals surface area (Å²) in [4.78, 5) is 9.42. The molecule has 0 bridgehead atoms. The third-order valence-corrected chi connectivity index (χ3v) is 8.54. The number of para-hydroxylation sites is 4. The molecule has 0 aliphatic carbocycles. The quantitative estimate of drug-likeness (QED) is 0.113. The number of fused-ring (bicyclic) bond motifs is 5. The molecule has 4 aromatic carbocycles. The minimum Gasteiger partial charge on any atom is -0.557 e. The van der Waals surface area contributed by atoms with Gasteiger partial charge in [0.1, 0.15) is 5.58 Å². The molecule has 0 saturated carbocycles. The molecule has 4 aromatic heterocycles. The van der Waals surface area contributed by atoms with E-state index in [0.29, 0.717) is 11.6 Å². The van der Waals surface area contributed by atoms with Gasteiger partial charge in [-0.3, -0.25) is 9.47 Å². The fourth-order valence-corrected chi connectivity index (χ4v) is 6.53. The summed E-state index contributed by atoms with van der Waals surface area (Å²) in [6, 6.07) is 33.0. The first-order valence-electron chi connectivity index (χ1n) is 14.2. The molecule has 44 heavy (non-hydrogen) atoms. The van der Waals surface area contributed by atoms with Crippen LogP contribution in [0.1, 0.15) is 0 Å². The zero-order valence-corrected chi connectivity index (χ0v) is 27.5. The van der Waals surface area contributed by atoms with E-state index in [0.717, 1.165) is 67.1 Å². The molecule has 0 atom stereocenters. The van der Waals surface area contributed by atoms with Crippen molar-refractivity contribution < 1.29 is 32.9 Å². The standard InChI is InChI=1S/C36H25N5O2.Zn/c1-38-18-17-25-26(20-39(2)35(25)38)22-15-16-29-31(19-22)41(30-12-6-5-11-28(30)40(29)3)36-37-34-24(10-8-14-33(34)43-36)27-21-42-32-13-7-4-9-23(27)32;/h4-18,20H,1-3H3;/q-2;. The van der Waals surface area contributed by atoms with Crippen molar-refractivity contribution in [3.63, 3.8) is 0 Å². The maximum absolute atomic E-state index is 6.55. The van der Waals surface area contributed by atoms with Crippen LogP contribution in [0.25, 0.3) is 55.4 Å². The predicted molar refractivity (Wildman–Crippen MR) is 168 cm³/mol. The van der Waals surface area contributed by atoms with Crippen LogP contribution in [0.2, 0.25) is 0 Å². The Morgan fingerprint density at radius 1 is 0.841 bits per heavy atom. The molecule has 5 heterocycles.